The molecule has 1 unspecified atom stereocenters. The normalized spacial score (nSPS) is 16.8. The number of hydrogen-bond acceptors (Lipinski definition) is 0. The lowest BCUT2D eigenvalue weighted by Gasteiger charge is -2.34. The van der Waals surface area contributed by atoms with E-state index in [1.165, 1.54) is 6.04 Å². The van der Waals surface area contributed by atoms with Crippen LogP contribution in [0.25, 0.3) is 0 Å². The first-order valence-electron chi connectivity index (χ1n) is 6.54. The second-order valence-corrected chi connectivity index (χ2v) is 18.9. The summed E-state index contributed by atoms with van der Waals surface area (Å²) >= 11 is 0. The average molecular weight is 257 g/mol. The Kier molecular flexibility index (Phi) is 5.27. The Bertz CT molecular complexity index is 238. The maximum Gasteiger partial charge on any atom is 0.0766 e. The van der Waals surface area contributed by atoms with Gasteiger partial charge < -0.3 is 0 Å². The van der Waals surface area contributed by atoms with Crippen LogP contribution >= 0.6 is 0 Å². The van der Waals surface area contributed by atoms with E-state index < -0.39 is 16.1 Å². The molecule has 2 heteroatoms. The number of hydrogen-bond donors (Lipinski definition) is 0. The molecule has 1 atom stereocenters. The van der Waals surface area contributed by atoms with Gasteiger partial charge in [0.2, 0.25) is 0 Å². The van der Waals surface area contributed by atoms with E-state index in [4.69, 9.17) is 0 Å². The minimum Gasteiger partial charge on any atom is -0.0979 e. The van der Waals surface area contributed by atoms with E-state index in [2.05, 4.69) is 72.2 Å². The maximum absolute atomic E-state index is 2.57. The topological polar surface area (TPSA) is 0 Å². The molecule has 96 valence electrons. The van der Waals surface area contributed by atoms with Gasteiger partial charge in [0.05, 0.1) is 8.07 Å². The van der Waals surface area contributed by atoms with Crippen LogP contribution in [-0.2, 0) is 0 Å². The van der Waals surface area contributed by atoms with Crippen molar-refractivity contribution in [2.45, 2.75) is 71.5 Å². The third-order valence-corrected chi connectivity index (χ3v) is 10.5. The van der Waals surface area contributed by atoms with Gasteiger partial charge in [-0.3, -0.25) is 0 Å². The molecule has 0 saturated carbocycles. The monoisotopic (exact) mass is 256 g/mol. The van der Waals surface area contributed by atoms with Crippen LogP contribution in [-0.4, -0.2) is 16.1 Å². The third-order valence-electron chi connectivity index (χ3n) is 3.71. The quantitative estimate of drug-likeness (QED) is 0.577. The molecule has 16 heavy (non-hydrogen) atoms. The van der Waals surface area contributed by atoms with Crippen molar-refractivity contribution >= 4 is 16.1 Å². The summed E-state index contributed by atoms with van der Waals surface area (Å²) in [5.74, 6) is 0.765. The highest BCUT2D eigenvalue weighted by Gasteiger charge is 2.32. The van der Waals surface area contributed by atoms with Crippen molar-refractivity contribution in [1.82, 2.24) is 0 Å². The Balaban J connectivity index is 4.50. The van der Waals surface area contributed by atoms with E-state index >= 15 is 0 Å². The fraction of sp³-hybridized carbons (Fsp3) is 0.857. The summed E-state index contributed by atoms with van der Waals surface area (Å²) in [6.45, 7) is 21.9. The lowest BCUT2D eigenvalue weighted by molar-refractivity contribution is 0.727. The van der Waals surface area contributed by atoms with Crippen LogP contribution in [0, 0.1) is 5.92 Å². The molecule has 0 spiro atoms. The van der Waals surface area contributed by atoms with Gasteiger partial charge in [-0.15, -0.1) is 0 Å². The van der Waals surface area contributed by atoms with Gasteiger partial charge in [0.1, 0.15) is 0 Å². The molecular weight excluding hydrogens is 224 g/mol. The second kappa shape index (κ2) is 5.22. The van der Waals surface area contributed by atoms with Crippen molar-refractivity contribution in [1.29, 1.82) is 0 Å². The summed E-state index contributed by atoms with van der Waals surface area (Å²) in [5.41, 5.74) is 2.57. The van der Waals surface area contributed by atoms with Crippen molar-refractivity contribution in [3.8, 4) is 0 Å². The highest BCUT2D eigenvalue weighted by Crippen LogP contribution is 2.37. The molecule has 0 nitrogen and oxygen atoms in total. The Labute approximate surface area is 106 Å². The second-order valence-electron chi connectivity index (χ2n) is 8.07. The summed E-state index contributed by atoms with van der Waals surface area (Å²) in [5, 5.41) is 0.475. The Morgan fingerprint density at radius 1 is 1.00 bits per heavy atom. The van der Waals surface area contributed by atoms with Crippen molar-refractivity contribution < 1.29 is 0 Å². The zero-order valence-electron chi connectivity index (χ0n) is 12.9. The summed E-state index contributed by atoms with van der Waals surface area (Å²) in [6, 6.07) is 1.41. The minimum atomic E-state index is -1.21. The Hall–Kier alpha value is 0.174. The molecule has 0 amide bonds. The molecule has 0 rings (SSSR count). The zero-order chi connectivity index (χ0) is 13.2. The lowest BCUT2D eigenvalue weighted by atomic mass is 10.2. The Morgan fingerprint density at radius 3 is 1.75 bits per heavy atom. The molecule has 0 aromatic carbocycles. The van der Waals surface area contributed by atoms with Crippen molar-refractivity contribution in [2.24, 2.45) is 5.92 Å². The smallest absolute Gasteiger partial charge is 0.0766 e. The van der Waals surface area contributed by atoms with Crippen molar-refractivity contribution in [3.63, 3.8) is 0 Å². The zero-order valence-corrected chi connectivity index (χ0v) is 14.9. The van der Waals surface area contributed by atoms with E-state index in [-0.39, 0.29) is 0 Å². The molecule has 0 aromatic heterocycles. The predicted octanol–water partition coefficient (Wildman–Crippen LogP) is 5.56. The molecule has 0 bridgehead atoms. The SMILES string of the molecule is CC(/C=C/[Si](C)(C)C(C)(C)C)C[Si](C)(C)C. The summed E-state index contributed by atoms with van der Waals surface area (Å²) in [7, 11) is -2.11. The average Bonchev–Trinajstić information content (AvgIpc) is 1.95. The van der Waals surface area contributed by atoms with E-state index in [1.54, 1.807) is 0 Å². The summed E-state index contributed by atoms with van der Waals surface area (Å²) in [4.78, 5) is 0. The van der Waals surface area contributed by atoms with Gasteiger partial charge in [0, 0.05) is 8.07 Å². The van der Waals surface area contributed by atoms with Crippen LogP contribution in [0.2, 0.25) is 43.8 Å². The molecule has 0 fully saturated rings. The first-order valence-corrected chi connectivity index (χ1v) is 13.3. The molecule has 0 heterocycles. The fourth-order valence-electron chi connectivity index (χ4n) is 1.69. The van der Waals surface area contributed by atoms with E-state index in [0.29, 0.717) is 5.04 Å². The summed E-state index contributed by atoms with van der Waals surface area (Å²) in [6.07, 6.45) is 2.50. The van der Waals surface area contributed by atoms with Gasteiger partial charge in [-0.25, -0.2) is 0 Å². The van der Waals surface area contributed by atoms with Gasteiger partial charge in [-0.05, 0) is 11.0 Å². The summed E-state index contributed by atoms with van der Waals surface area (Å²) < 4.78 is 0. The lowest BCUT2D eigenvalue weighted by Crippen LogP contribution is -2.35. The first kappa shape index (κ1) is 16.2. The van der Waals surface area contributed by atoms with E-state index in [9.17, 15) is 0 Å². The standard InChI is InChI=1S/C14H32Si2/c1-13(12-15(5,6)7)10-11-16(8,9)14(2,3)4/h10-11,13H,12H2,1-9H3/b11-10+. The maximum atomic E-state index is 2.57. The minimum absolute atomic E-state index is 0.475. The van der Waals surface area contributed by atoms with Gasteiger partial charge in [0.15, 0.2) is 0 Å². The molecule has 0 aromatic rings. The van der Waals surface area contributed by atoms with Gasteiger partial charge in [0.25, 0.3) is 0 Å². The van der Waals surface area contributed by atoms with Crippen LogP contribution in [0.3, 0.4) is 0 Å². The highest BCUT2D eigenvalue weighted by atomic mass is 28.3. The van der Waals surface area contributed by atoms with Gasteiger partial charge >= 0.3 is 0 Å². The van der Waals surface area contributed by atoms with Crippen LogP contribution in [0.4, 0.5) is 0 Å². The van der Waals surface area contributed by atoms with Gasteiger partial charge in [-0.1, -0.05) is 78.2 Å². The van der Waals surface area contributed by atoms with Crippen molar-refractivity contribution in [2.75, 3.05) is 0 Å². The molecule has 0 saturated heterocycles. The third kappa shape index (κ3) is 6.04. The fourth-order valence-corrected chi connectivity index (χ4v) is 5.07. The van der Waals surface area contributed by atoms with E-state index in [0.717, 1.165) is 5.92 Å². The highest BCUT2D eigenvalue weighted by molar-refractivity contribution is 6.84. The molecule has 0 aliphatic rings. The molecule has 0 radical (unpaired) electrons. The van der Waals surface area contributed by atoms with Gasteiger partial charge in [-0.2, -0.15) is 0 Å². The largest absolute Gasteiger partial charge is 0.0979 e. The van der Waals surface area contributed by atoms with Crippen molar-refractivity contribution in [3.05, 3.63) is 11.8 Å². The molecule has 0 N–H and O–H groups in total. The van der Waals surface area contributed by atoms with Crippen LogP contribution in [0.15, 0.2) is 11.8 Å². The molecular formula is C14H32Si2. The van der Waals surface area contributed by atoms with Crippen LogP contribution in [0.1, 0.15) is 27.7 Å². The number of allylic oxidation sites excluding steroid dienone is 1. The molecule has 0 aliphatic carbocycles. The molecule has 0 aliphatic heterocycles. The van der Waals surface area contributed by atoms with E-state index in [1.807, 2.05) is 0 Å². The predicted molar refractivity (Wildman–Crippen MR) is 83.7 cm³/mol. The Morgan fingerprint density at radius 2 is 1.44 bits per heavy atom. The van der Waals surface area contributed by atoms with Crippen LogP contribution in [0.5, 0.6) is 0 Å². The first-order chi connectivity index (χ1) is 6.85. The number of rotatable bonds is 4. The van der Waals surface area contributed by atoms with Crippen LogP contribution < -0.4 is 0 Å².